The van der Waals surface area contributed by atoms with Crippen LogP contribution in [0.2, 0.25) is 0 Å². The number of ether oxygens (including phenoxy) is 3. The molecule has 0 fully saturated rings. The number of carbonyl (C=O) groups is 1. The molecule has 0 atom stereocenters. The van der Waals surface area contributed by atoms with Crippen molar-refractivity contribution in [1.82, 2.24) is 14.9 Å². The SMILES string of the molecule is CCOc1cc(/C=N\n2c(SC)nnc2C(F)F)ccc1OCc1ccc(C(=O)OC)o1. The lowest BCUT2D eigenvalue weighted by atomic mass is 10.2. The van der Waals surface area contributed by atoms with E-state index in [2.05, 4.69) is 20.0 Å². The molecular formula is C20H20F2N4O5S. The van der Waals surface area contributed by atoms with Gasteiger partial charge in [-0.15, -0.1) is 10.2 Å². The molecule has 1 aromatic carbocycles. The van der Waals surface area contributed by atoms with Crippen LogP contribution in [0.5, 0.6) is 11.5 Å². The van der Waals surface area contributed by atoms with Crippen molar-refractivity contribution >= 4 is 23.9 Å². The van der Waals surface area contributed by atoms with E-state index in [4.69, 9.17) is 13.9 Å². The Labute approximate surface area is 186 Å². The molecule has 32 heavy (non-hydrogen) atoms. The molecule has 0 spiro atoms. The number of alkyl halides is 2. The topological polar surface area (TPSA) is 101 Å². The van der Waals surface area contributed by atoms with Gasteiger partial charge in [-0.1, -0.05) is 11.8 Å². The van der Waals surface area contributed by atoms with Crippen molar-refractivity contribution in [2.45, 2.75) is 25.1 Å². The standard InChI is InChI=1S/C20H20F2N4O5S/c1-4-29-16-9-12(10-23-26-18(17(21)22)24-25-20(26)32-3)5-7-14(16)30-11-13-6-8-15(31-13)19(27)28-2/h5-10,17H,4,11H2,1-3H3/b23-10-. The molecule has 0 aliphatic rings. The van der Waals surface area contributed by atoms with Gasteiger partial charge in [-0.25, -0.2) is 13.6 Å². The van der Waals surface area contributed by atoms with E-state index in [1.54, 1.807) is 30.5 Å². The van der Waals surface area contributed by atoms with Crippen LogP contribution in [0.25, 0.3) is 0 Å². The van der Waals surface area contributed by atoms with Gasteiger partial charge < -0.3 is 18.6 Å². The Morgan fingerprint density at radius 1 is 1.25 bits per heavy atom. The Balaban J connectivity index is 1.77. The van der Waals surface area contributed by atoms with Gasteiger partial charge in [-0.3, -0.25) is 0 Å². The van der Waals surface area contributed by atoms with Crippen molar-refractivity contribution < 1.29 is 32.2 Å². The molecule has 0 N–H and O–H groups in total. The fourth-order valence-corrected chi connectivity index (χ4v) is 3.02. The third-order valence-corrected chi connectivity index (χ3v) is 4.64. The van der Waals surface area contributed by atoms with Gasteiger partial charge in [-0.05, 0) is 49.1 Å². The maximum Gasteiger partial charge on any atom is 0.373 e. The minimum absolute atomic E-state index is 0.0556. The fourth-order valence-electron chi connectivity index (χ4n) is 2.58. The molecule has 2 aromatic heterocycles. The zero-order chi connectivity index (χ0) is 23.1. The van der Waals surface area contributed by atoms with E-state index < -0.39 is 18.2 Å². The predicted octanol–water partition coefficient (Wildman–Crippen LogP) is 4.18. The van der Waals surface area contributed by atoms with Crippen LogP contribution in [0.15, 0.2) is 45.0 Å². The highest BCUT2D eigenvalue weighted by Gasteiger charge is 2.19. The number of esters is 1. The predicted molar refractivity (Wildman–Crippen MR) is 112 cm³/mol. The Kier molecular flexibility index (Phi) is 7.82. The van der Waals surface area contributed by atoms with E-state index >= 15 is 0 Å². The van der Waals surface area contributed by atoms with Crippen molar-refractivity contribution in [3.05, 3.63) is 53.2 Å². The van der Waals surface area contributed by atoms with Gasteiger partial charge in [0.05, 0.1) is 19.9 Å². The first kappa shape index (κ1) is 23.3. The van der Waals surface area contributed by atoms with Crippen molar-refractivity contribution in [1.29, 1.82) is 0 Å². The van der Waals surface area contributed by atoms with Gasteiger partial charge in [0.1, 0.15) is 12.4 Å². The summed E-state index contributed by atoms with van der Waals surface area (Å²) in [5.74, 6) is 0.240. The molecule has 3 rings (SSSR count). The number of aromatic nitrogens is 3. The molecule has 0 aliphatic carbocycles. The number of thioether (sulfide) groups is 1. The minimum atomic E-state index is -2.81. The normalized spacial score (nSPS) is 11.3. The molecule has 0 radical (unpaired) electrons. The first-order valence-corrected chi connectivity index (χ1v) is 10.6. The van der Waals surface area contributed by atoms with Crippen LogP contribution >= 0.6 is 11.8 Å². The second-order valence-electron chi connectivity index (χ2n) is 6.09. The van der Waals surface area contributed by atoms with Crippen molar-refractivity contribution in [2.75, 3.05) is 20.0 Å². The Morgan fingerprint density at radius 2 is 2.06 bits per heavy atom. The summed E-state index contributed by atoms with van der Waals surface area (Å²) in [7, 11) is 1.26. The molecule has 0 amide bonds. The van der Waals surface area contributed by atoms with E-state index in [0.29, 0.717) is 29.4 Å². The van der Waals surface area contributed by atoms with Crippen LogP contribution in [-0.2, 0) is 11.3 Å². The molecule has 170 valence electrons. The molecule has 0 unspecified atom stereocenters. The number of hydrogen-bond donors (Lipinski definition) is 0. The summed E-state index contributed by atoms with van der Waals surface area (Å²) in [6, 6.07) is 8.11. The summed E-state index contributed by atoms with van der Waals surface area (Å²) in [5, 5.41) is 11.5. The van der Waals surface area contributed by atoms with E-state index in [9.17, 15) is 13.6 Å². The molecule has 12 heteroatoms. The van der Waals surface area contributed by atoms with E-state index in [-0.39, 0.29) is 17.5 Å². The average molecular weight is 466 g/mol. The summed E-state index contributed by atoms with van der Waals surface area (Å²) >= 11 is 1.15. The highest BCUT2D eigenvalue weighted by molar-refractivity contribution is 7.98. The second-order valence-corrected chi connectivity index (χ2v) is 6.86. The minimum Gasteiger partial charge on any atom is -0.490 e. The zero-order valence-electron chi connectivity index (χ0n) is 17.4. The largest absolute Gasteiger partial charge is 0.490 e. The molecule has 3 aromatic rings. The van der Waals surface area contributed by atoms with Crippen LogP contribution in [-0.4, -0.2) is 47.0 Å². The fraction of sp³-hybridized carbons (Fsp3) is 0.300. The van der Waals surface area contributed by atoms with Crippen LogP contribution in [0.4, 0.5) is 8.78 Å². The molecule has 0 saturated heterocycles. The first-order valence-electron chi connectivity index (χ1n) is 9.35. The van der Waals surface area contributed by atoms with Crippen molar-refractivity contribution in [3.63, 3.8) is 0 Å². The van der Waals surface area contributed by atoms with Crippen LogP contribution < -0.4 is 9.47 Å². The number of methoxy groups -OCH3 is 1. The monoisotopic (exact) mass is 466 g/mol. The number of halogens is 2. The third kappa shape index (κ3) is 5.44. The van der Waals surface area contributed by atoms with E-state index in [0.717, 1.165) is 16.4 Å². The maximum atomic E-state index is 13.1. The van der Waals surface area contributed by atoms with E-state index in [1.807, 2.05) is 6.92 Å². The highest BCUT2D eigenvalue weighted by atomic mass is 32.2. The van der Waals surface area contributed by atoms with Crippen LogP contribution in [0, 0.1) is 0 Å². The third-order valence-electron chi connectivity index (χ3n) is 4.02. The lowest BCUT2D eigenvalue weighted by Gasteiger charge is -2.12. The summed E-state index contributed by atoms with van der Waals surface area (Å²) < 4.78 is 48.6. The first-order chi connectivity index (χ1) is 15.5. The van der Waals surface area contributed by atoms with Crippen molar-refractivity contribution in [3.8, 4) is 11.5 Å². The highest BCUT2D eigenvalue weighted by Crippen LogP contribution is 2.29. The van der Waals surface area contributed by atoms with Crippen molar-refractivity contribution in [2.24, 2.45) is 5.10 Å². The molecular weight excluding hydrogens is 446 g/mol. The summed E-state index contributed by atoms with van der Waals surface area (Å²) in [6.45, 7) is 2.25. The molecule has 0 bridgehead atoms. The Morgan fingerprint density at radius 3 is 2.75 bits per heavy atom. The maximum absolute atomic E-state index is 13.1. The Bertz CT molecular complexity index is 1100. The van der Waals surface area contributed by atoms with Gasteiger partial charge in [0.15, 0.2) is 11.5 Å². The van der Waals surface area contributed by atoms with Gasteiger partial charge in [0.25, 0.3) is 6.43 Å². The van der Waals surface area contributed by atoms with Gasteiger partial charge >= 0.3 is 5.97 Å². The summed E-state index contributed by atoms with van der Waals surface area (Å²) in [4.78, 5) is 11.5. The van der Waals surface area contributed by atoms with Crippen LogP contribution in [0.3, 0.4) is 0 Å². The number of carbonyl (C=O) groups excluding carboxylic acids is 1. The number of furan rings is 1. The van der Waals surface area contributed by atoms with Gasteiger partial charge in [0.2, 0.25) is 16.7 Å². The van der Waals surface area contributed by atoms with E-state index in [1.165, 1.54) is 19.4 Å². The van der Waals surface area contributed by atoms with Gasteiger partial charge in [0, 0.05) is 0 Å². The lowest BCUT2D eigenvalue weighted by molar-refractivity contribution is 0.0560. The molecule has 2 heterocycles. The molecule has 9 nitrogen and oxygen atoms in total. The molecule has 0 aliphatic heterocycles. The zero-order valence-corrected chi connectivity index (χ0v) is 18.3. The lowest BCUT2D eigenvalue weighted by Crippen LogP contribution is -2.02. The van der Waals surface area contributed by atoms with Gasteiger partial charge in [-0.2, -0.15) is 9.78 Å². The quantitative estimate of drug-likeness (QED) is 0.249. The number of rotatable bonds is 10. The average Bonchev–Trinajstić information content (AvgIpc) is 3.43. The Hall–Kier alpha value is -3.41. The number of benzene rings is 1. The summed E-state index contributed by atoms with van der Waals surface area (Å²) in [5.41, 5.74) is 0.591. The molecule has 0 saturated carbocycles. The number of nitrogens with zero attached hydrogens (tertiary/aromatic N) is 4. The van der Waals surface area contributed by atoms with Crippen LogP contribution in [0.1, 0.15) is 41.1 Å². The summed E-state index contributed by atoms with van der Waals surface area (Å²) in [6.07, 6.45) is 0.283. The smallest absolute Gasteiger partial charge is 0.373 e. The number of hydrogen-bond acceptors (Lipinski definition) is 9. The second kappa shape index (κ2) is 10.8.